The molecule has 1 aromatic rings. The minimum absolute atomic E-state index is 0.165. The zero-order valence-corrected chi connectivity index (χ0v) is 13.0. The third kappa shape index (κ3) is 2.97. The Morgan fingerprint density at radius 1 is 1.30 bits per heavy atom. The van der Waals surface area contributed by atoms with Gasteiger partial charge in [-0.05, 0) is 41.9 Å². The highest BCUT2D eigenvalue weighted by atomic mass is 16.2. The van der Waals surface area contributed by atoms with E-state index in [1.54, 1.807) is 0 Å². The van der Waals surface area contributed by atoms with Crippen LogP contribution in [0.1, 0.15) is 46.1 Å². The molecule has 1 unspecified atom stereocenters. The molecule has 1 atom stereocenters. The topological polar surface area (TPSA) is 55.1 Å². The third-order valence-corrected chi connectivity index (χ3v) is 4.70. The predicted molar refractivity (Wildman–Crippen MR) is 83.4 cm³/mol. The van der Waals surface area contributed by atoms with Crippen molar-refractivity contribution in [2.24, 2.45) is 11.3 Å². The van der Waals surface area contributed by atoms with Crippen molar-refractivity contribution in [3.8, 4) is 0 Å². The summed E-state index contributed by atoms with van der Waals surface area (Å²) in [5.41, 5.74) is 7.46. The maximum absolute atomic E-state index is 12.5. The monoisotopic (exact) mass is 274 g/mol. The van der Waals surface area contributed by atoms with Crippen LogP contribution in [0.2, 0.25) is 0 Å². The van der Waals surface area contributed by atoms with E-state index in [0.29, 0.717) is 5.92 Å². The third-order valence-electron chi connectivity index (χ3n) is 4.70. The smallest absolute Gasteiger partial charge is 0.230 e. The van der Waals surface area contributed by atoms with Crippen LogP contribution in [0.5, 0.6) is 0 Å². The van der Waals surface area contributed by atoms with Gasteiger partial charge in [-0.3, -0.25) is 4.79 Å². The maximum Gasteiger partial charge on any atom is 0.230 e. The van der Waals surface area contributed by atoms with E-state index >= 15 is 0 Å². The Kier molecular flexibility index (Phi) is 3.81. The second kappa shape index (κ2) is 5.12. The Morgan fingerprint density at radius 2 is 1.85 bits per heavy atom. The standard InChI is InChI=1S/C17H26N2O/c1-12(16(2,3)4)11-19-15(20)17(9-10-17)13-5-7-14(18)8-6-13/h5-8,12H,9-11,18H2,1-4H3,(H,19,20). The van der Waals surface area contributed by atoms with Gasteiger partial charge in [0.15, 0.2) is 0 Å². The van der Waals surface area contributed by atoms with Gasteiger partial charge < -0.3 is 11.1 Å². The van der Waals surface area contributed by atoms with Crippen molar-refractivity contribution in [1.82, 2.24) is 5.32 Å². The normalized spacial score (nSPS) is 18.4. The number of rotatable bonds is 4. The van der Waals surface area contributed by atoms with Crippen LogP contribution in [0.3, 0.4) is 0 Å². The summed E-state index contributed by atoms with van der Waals surface area (Å²) < 4.78 is 0. The average molecular weight is 274 g/mol. The van der Waals surface area contributed by atoms with Crippen LogP contribution >= 0.6 is 0 Å². The Balaban J connectivity index is 2.01. The number of nitrogens with two attached hydrogens (primary N) is 1. The highest BCUT2D eigenvalue weighted by molar-refractivity contribution is 5.91. The molecule has 1 saturated carbocycles. The summed E-state index contributed by atoms with van der Waals surface area (Å²) in [6.45, 7) is 9.53. The average Bonchev–Trinajstić information content (AvgIpc) is 3.16. The Hall–Kier alpha value is -1.51. The number of carbonyl (C=O) groups excluding carboxylic acids is 1. The van der Waals surface area contributed by atoms with Crippen LogP contribution in [-0.4, -0.2) is 12.5 Å². The van der Waals surface area contributed by atoms with Gasteiger partial charge >= 0.3 is 0 Å². The molecule has 0 aliphatic heterocycles. The summed E-state index contributed by atoms with van der Waals surface area (Å²) in [7, 11) is 0. The molecule has 0 bridgehead atoms. The predicted octanol–water partition coefficient (Wildman–Crippen LogP) is 3.10. The number of benzene rings is 1. The Morgan fingerprint density at radius 3 is 2.30 bits per heavy atom. The lowest BCUT2D eigenvalue weighted by Gasteiger charge is -2.28. The molecule has 0 saturated heterocycles. The minimum Gasteiger partial charge on any atom is -0.399 e. The molecule has 0 radical (unpaired) electrons. The molecule has 1 aromatic carbocycles. The first-order valence-electron chi connectivity index (χ1n) is 7.40. The van der Waals surface area contributed by atoms with Gasteiger partial charge in [0, 0.05) is 12.2 Å². The minimum atomic E-state index is -0.300. The van der Waals surface area contributed by atoms with Crippen molar-refractivity contribution in [3.63, 3.8) is 0 Å². The fourth-order valence-electron chi connectivity index (χ4n) is 2.30. The van der Waals surface area contributed by atoms with E-state index in [1.165, 1.54) is 0 Å². The molecule has 0 aromatic heterocycles. The first-order valence-corrected chi connectivity index (χ1v) is 7.40. The number of hydrogen-bond acceptors (Lipinski definition) is 2. The molecule has 3 N–H and O–H groups in total. The zero-order valence-electron chi connectivity index (χ0n) is 13.0. The molecular formula is C17H26N2O. The van der Waals surface area contributed by atoms with Crippen LogP contribution in [-0.2, 0) is 10.2 Å². The lowest BCUT2D eigenvalue weighted by molar-refractivity contribution is -0.123. The van der Waals surface area contributed by atoms with E-state index in [4.69, 9.17) is 5.73 Å². The summed E-state index contributed by atoms with van der Waals surface area (Å²) in [6, 6.07) is 7.71. The Bertz CT molecular complexity index is 481. The second-order valence-electron chi connectivity index (χ2n) is 7.18. The van der Waals surface area contributed by atoms with Gasteiger partial charge in [0.2, 0.25) is 5.91 Å². The van der Waals surface area contributed by atoms with Gasteiger partial charge in [0.1, 0.15) is 0 Å². The van der Waals surface area contributed by atoms with Gasteiger partial charge in [-0.15, -0.1) is 0 Å². The highest BCUT2D eigenvalue weighted by Crippen LogP contribution is 2.48. The van der Waals surface area contributed by atoms with Crippen LogP contribution in [0, 0.1) is 11.3 Å². The first-order chi connectivity index (χ1) is 9.25. The molecule has 20 heavy (non-hydrogen) atoms. The van der Waals surface area contributed by atoms with Crippen molar-refractivity contribution in [2.75, 3.05) is 12.3 Å². The zero-order chi connectivity index (χ0) is 15.0. The molecule has 0 spiro atoms. The van der Waals surface area contributed by atoms with Gasteiger partial charge in [-0.2, -0.15) is 0 Å². The van der Waals surface area contributed by atoms with E-state index in [0.717, 1.165) is 30.6 Å². The number of hydrogen-bond donors (Lipinski definition) is 2. The molecule has 1 aliphatic rings. The molecular weight excluding hydrogens is 248 g/mol. The van der Waals surface area contributed by atoms with E-state index in [1.807, 2.05) is 24.3 Å². The van der Waals surface area contributed by atoms with Crippen molar-refractivity contribution in [2.45, 2.75) is 46.0 Å². The van der Waals surface area contributed by atoms with Crippen LogP contribution in [0.25, 0.3) is 0 Å². The van der Waals surface area contributed by atoms with Crippen LogP contribution in [0.4, 0.5) is 5.69 Å². The summed E-state index contributed by atoms with van der Waals surface area (Å²) in [5.74, 6) is 0.618. The SMILES string of the molecule is CC(CNC(=O)C1(c2ccc(N)cc2)CC1)C(C)(C)C. The van der Waals surface area contributed by atoms with E-state index < -0.39 is 0 Å². The summed E-state index contributed by atoms with van der Waals surface area (Å²) in [4.78, 5) is 12.5. The Labute approximate surface area is 121 Å². The van der Waals surface area contributed by atoms with Gasteiger partial charge in [0.05, 0.1) is 5.41 Å². The second-order valence-corrected chi connectivity index (χ2v) is 7.18. The molecule has 110 valence electrons. The summed E-state index contributed by atoms with van der Waals surface area (Å²) >= 11 is 0. The molecule has 1 fully saturated rings. The lowest BCUT2D eigenvalue weighted by atomic mass is 9.82. The number of anilines is 1. The first kappa shape index (κ1) is 14.9. The number of nitrogens with one attached hydrogen (secondary N) is 1. The van der Waals surface area contributed by atoms with Gasteiger partial charge in [-0.1, -0.05) is 39.8 Å². The largest absolute Gasteiger partial charge is 0.399 e. The van der Waals surface area contributed by atoms with Crippen molar-refractivity contribution in [3.05, 3.63) is 29.8 Å². The number of amides is 1. The number of carbonyl (C=O) groups is 1. The summed E-state index contributed by atoms with van der Waals surface area (Å²) in [5, 5.41) is 3.13. The van der Waals surface area contributed by atoms with E-state index in [-0.39, 0.29) is 16.7 Å². The maximum atomic E-state index is 12.5. The van der Waals surface area contributed by atoms with Crippen molar-refractivity contribution >= 4 is 11.6 Å². The molecule has 3 nitrogen and oxygen atoms in total. The van der Waals surface area contributed by atoms with Crippen molar-refractivity contribution < 1.29 is 4.79 Å². The molecule has 2 rings (SSSR count). The van der Waals surface area contributed by atoms with Crippen LogP contribution < -0.4 is 11.1 Å². The van der Waals surface area contributed by atoms with Crippen molar-refractivity contribution in [1.29, 1.82) is 0 Å². The van der Waals surface area contributed by atoms with E-state index in [9.17, 15) is 4.79 Å². The quantitative estimate of drug-likeness (QED) is 0.829. The fraction of sp³-hybridized carbons (Fsp3) is 0.588. The van der Waals surface area contributed by atoms with Crippen LogP contribution in [0.15, 0.2) is 24.3 Å². The molecule has 3 heteroatoms. The van der Waals surface area contributed by atoms with E-state index in [2.05, 4.69) is 33.0 Å². The summed E-state index contributed by atoms with van der Waals surface area (Å²) in [6.07, 6.45) is 1.87. The molecule has 1 aliphatic carbocycles. The molecule has 1 amide bonds. The fourth-order valence-corrected chi connectivity index (χ4v) is 2.30. The number of nitrogen functional groups attached to an aromatic ring is 1. The lowest BCUT2D eigenvalue weighted by Crippen LogP contribution is -2.39. The van der Waals surface area contributed by atoms with Gasteiger partial charge in [-0.25, -0.2) is 0 Å². The highest BCUT2D eigenvalue weighted by Gasteiger charge is 2.51. The molecule has 0 heterocycles. The van der Waals surface area contributed by atoms with Gasteiger partial charge in [0.25, 0.3) is 0 Å².